The van der Waals surface area contributed by atoms with Crippen LogP contribution in [0.4, 0.5) is 0 Å². The molecule has 0 bridgehead atoms. The minimum absolute atomic E-state index is 0.523. The van der Waals surface area contributed by atoms with Crippen LogP contribution in [0, 0.1) is 0 Å². The van der Waals surface area contributed by atoms with Crippen molar-refractivity contribution >= 4 is 32.7 Å². The van der Waals surface area contributed by atoms with E-state index in [4.69, 9.17) is 14.4 Å². The Hall–Kier alpha value is -7.88. The topological polar surface area (TPSA) is 38.9 Å². The van der Waals surface area contributed by atoms with Crippen molar-refractivity contribution < 1.29 is 4.42 Å². The Bertz CT molecular complexity index is 3390. The fourth-order valence-corrected chi connectivity index (χ4v) is 9.71. The van der Waals surface area contributed by atoms with Crippen molar-refractivity contribution in [1.29, 1.82) is 0 Å². The number of hydrogen-bond acceptors (Lipinski definition) is 3. The average Bonchev–Trinajstić information content (AvgIpc) is 3.86. The molecule has 0 atom stereocenters. The maximum atomic E-state index is 6.49. The summed E-state index contributed by atoms with van der Waals surface area (Å²) in [4.78, 5) is 10.8. The molecule has 3 nitrogen and oxygen atoms in total. The van der Waals surface area contributed by atoms with Gasteiger partial charge in [0.1, 0.15) is 11.2 Å². The van der Waals surface area contributed by atoms with Crippen LogP contribution in [0.1, 0.15) is 22.3 Å². The number of aromatic nitrogens is 2. The van der Waals surface area contributed by atoms with Crippen LogP contribution in [0.3, 0.4) is 0 Å². The third-order valence-corrected chi connectivity index (χ3v) is 12.4. The monoisotopic (exact) mass is 764 g/mol. The maximum absolute atomic E-state index is 6.49. The zero-order valence-corrected chi connectivity index (χ0v) is 32.6. The molecule has 0 fully saturated rings. The summed E-state index contributed by atoms with van der Waals surface area (Å²) in [7, 11) is 0. The number of para-hydroxylation sites is 2. The van der Waals surface area contributed by atoms with Gasteiger partial charge < -0.3 is 4.42 Å². The first-order valence-electron chi connectivity index (χ1n) is 20.5. The van der Waals surface area contributed by atoms with E-state index in [0.29, 0.717) is 5.82 Å². The molecule has 1 aliphatic rings. The lowest BCUT2D eigenvalue weighted by Crippen LogP contribution is -2.28. The summed E-state index contributed by atoms with van der Waals surface area (Å²) in [5.41, 5.74) is 15.6. The van der Waals surface area contributed by atoms with E-state index < -0.39 is 5.41 Å². The maximum Gasteiger partial charge on any atom is 0.161 e. The third-order valence-electron chi connectivity index (χ3n) is 12.4. The van der Waals surface area contributed by atoms with E-state index in [-0.39, 0.29) is 0 Å². The molecule has 60 heavy (non-hydrogen) atoms. The number of nitrogens with zero attached hydrogens (tertiary/aromatic N) is 2. The summed E-state index contributed by atoms with van der Waals surface area (Å²) < 4.78 is 6.49. The van der Waals surface area contributed by atoms with Gasteiger partial charge in [-0.1, -0.05) is 194 Å². The second kappa shape index (κ2) is 13.6. The van der Waals surface area contributed by atoms with Crippen LogP contribution in [0.15, 0.2) is 223 Å². The summed E-state index contributed by atoms with van der Waals surface area (Å²) in [6, 6.07) is 78.0. The minimum atomic E-state index is -0.523. The summed E-state index contributed by atoms with van der Waals surface area (Å²) in [5, 5.41) is 4.49. The molecule has 280 valence electrons. The molecule has 9 aromatic carbocycles. The van der Waals surface area contributed by atoms with Gasteiger partial charge >= 0.3 is 0 Å². The number of furan rings is 1. The molecule has 0 saturated carbocycles. The van der Waals surface area contributed by atoms with Crippen molar-refractivity contribution in [2.45, 2.75) is 5.41 Å². The molecule has 12 rings (SSSR count). The van der Waals surface area contributed by atoms with Gasteiger partial charge in [0, 0.05) is 33.0 Å². The molecule has 11 aromatic rings. The molecule has 2 heterocycles. The van der Waals surface area contributed by atoms with E-state index in [1.807, 2.05) is 12.1 Å². The van der Waals surface area contributed by atoms with E-state index >= 15 is 0 Å². The molecule has 3 heteroatoms. The van der Waals surface area contributed by atoms with Crippen LogP contribution in [-0.2, 0) is 5.41 Å². The van der Waals surface area contributed by atoms with Crippen molar-refractivity contribution in [2.75, 3.05) is 0 Å². The second-order valence-electron chi connectivity index (χ2n) is 15.6. The molecule has 0 radical (unpaired) electrons. The summed E-state index contributed by atoms with van der Waals surface area (Å²) in [5.74, 6) is 0.685. The van der Waals surface area contributed by atoms with Gasteiger partial charge in [0.25, 0.3) is 0 Å². The second-order valence-corrected chi connectivity index (χ2v) is 15.6. The molecule has 0 N–H and O–H groups in total. The third kappa shape index (κ3) is 5.23. The molecule has 0 amide bonds. The first-order chi connectivity index (χ1) is 29.7. The van der Waals surface area contributed by atoms with Crippen LogP contribution >= 0.6 is 0 Å². The first-order valence-corrected chi connectivity index (χ1v) is 20.5. The molecule has 0 spiro atoms. The first kappa shape index (κ1) is 34.2. The molecule has 0 saturated heterocycles. The largest absolute Gasteiger partial charge is 0.455 e. The quantitative estimate of drug-likeness (QED) is 0.169. The van der Waals surface area contributed by atoms with Gasteiger partial charge in [-0.15, -0.1) is 0 Å². The summed E-state index contributed by atoms with van der Waals surface area (Å²) >= 11 is 0. The van der Waals surface area contributed by atoms with Crippen LogP contribution in [0.2, 0.25) is 0 Å². The molecule has 0 unspecified atom stereocenters. The standard InChI is InChI=1S/C57H36N2O/c1-3-20-41(21-4-1)57(42-22-5-2-6-23-42)50-30-11-9-25-45(50)46-33-32-40(35-51(46)57)53-36-52(58-56(59-53)49-29-14-17-37-16-7-8-24-43(37)49)39-19-13-18-38(34-39)44-27-15-28-48-47-26-10-12-31-54(47)60-55(44)48/h1-36H. The normalized spacial score (nSPS) is 12.8. The van der Waals surface area contributed by atoms with Gasteiger partial charge in [-0.05, 0) is 74.0 Å². The predicted octanol–water partition coefficient (Wildman–Crippen LogP) is 14.6. The molecular weight excluding hydrogens is 729 g/mol. The Kier molecular flexibility index (Phi) is 7.76. The molecular formula is C57H36N2O. The number of fused-ring (bicyclic) bond motifs is 7. The highest BCUT2D eigenvalue weighted by molar-refractivity contribution is 6.09. The van der Waals surface area contributed by atoms with E-state index in [2.05, 4.69) is 206 Å². The van der Waals surface area contributed by atoms with E-state index in [1.54, 1.807) is 0 Å². The highest BCUT2D eigenvalue weighted by Crippen LogP contribution is 2.56. The van der Waals surface area contributed by atoms with Crippen LogP contribution in [-0.4, -0.2) is 9.97 Å². The van der Waals surface area contributed by atoms with E-state index in [9.17, 15) is 0 Å². The molecule has 2 aromatic heterocycles. The van der Waals surface area contributed by atoms with Crippen LogP contribution < -0.4 is 0 Å². The zero-order valence-electron chi connectivity index (χ0n) is 32.6. The predicted molar refractivity (Wildman–Crippen MR) is 246 cm³/mol. The van der Waals surface area contributed by atoms with Crippen molar-refractivity contribution in [3.8, 4) is 56.2 Å². The smallest absolute Gasteiger partial charge is 0.161 e. The Morgan fingerprint density at radius 2 is 0.917 bits per heavy atom. The van der Waals surface area contributed by atoms with Crippen molar-refractivity contribution in [2.24, 2.45) is 0 Å². The molecule has 0 aliphatic heterocycles. The van der Waals surface area contributed by atoms with Crippen molar-refractivity contribution in [3.05, 3.63) is 241 Å². The van der Waals surface area contributed by atoms with Gasteiger partial charge in [0.2, 0.25) is 0 Å². The van der Waals surface area contributed by atoms with E-state index in [0.717, 1.165) is 71.9 Å². The summed E-state index contributed by atoms with van der Waals surface area (Å²) in [6.45, 7) is 0. The Morgan fingerprint density at radius 1 is 0.350 bits per heavy atom. The average molecular weight is 765 g/mol. The van der Waals surface area contributed by atoms with Crippen molar-refractivity contribution in [3.63, 3.8) is 0 Å². The zero-order chi connectivity index (χ0) is 39.6. The Morgan fingerprint density at radius 3 is 1.73 bits per heavy atom. The van der Waals surface area contributed by atoms with Gasteiger partial charge in [-0.3, -0.25) is 0 Å². The fraction of sp³-hybridized carbons (Fsp3) is 0.0175. The van der Waals surface area contributed by atoms with Crippen molar-refractivity contribution in [1.82, 2.24) is 9.97 Å². The highest BCUT2D eigenvalue weighted by Gasteiger charge is 2.46. The fourth-order valence-electron chi connectivity index (χ4n) is 9.71. The van der Waals surface area contributed by atoms with Crippen LogP contribution in [0.25, 0.3) is 88.9 Å². The lowest BCUT2D eigenvalue weighted by atomic mass is 9.67. The Balaban J connectivity index is 1.09. The number of benzene rings is 9. The van der Waals surface area contributed by atoms with Gasteiger partial charge in [-0.25, -0.2) is 9.97 Å². The highest BCUT2D eigenvalue weighted by atomic mass is 16.3. The molecule has 1 aliphatic carbocycles. The van der Waals surface area contributed by atoms with Gasteiger partial charge in [-0.2, -0.15) is 0 Å². The van der Waals surface area contributed by atoms with E-state index in [1.165, 1.54) is 33.4 Å². The number of hydrogen-bond donors (Lipinski definition) is 0. The minimum Gasteiger partial charge on any atom is -0.455 e. The summed E-state index contributed by atoms with van der Waals surface area (Å²) in [6.07, 6.45) is 0. The lowest BCUT2D eigenvalue weighted by Gasteiger charge is -2.34. The SMILES string of the molecule is c1ccc(C2(c3ccccc3)c3ccccc3-c3ccc(-c4cc(-c5cccc(-c6cccc7c6oc6ccccc67)c5)nc(-c5cccc6ccccc56)n4)cc32)cc1. The Labute approximate surface area is 347 Å². The van der Waals surface area contributed by atoms with Crippen LogP contribution in [0.5, 0.6) is 0 Å². The lowest BCUT2D eigenvalue weighted by molar-refractivity contribution is 0.670. The number of rotatable bonds is 6. The van der Waals surface area contributed by atoms with Gasteiger partial charge in [0.15, 0.2) is 5.82 Å². The van der Waals surface area contributed by atoms with Gasteiger partial charge in [0.05, 0.1) is 16.8 Å².